The van der Waals surface area contributed by atoms with Gasteiger partial charge in [-0.05, 0) is 11.1 Å². The zero-order valence-electron chi connectivity index (χ0n) is 13.6. The molecule has 122 valence electrons. The summed E-state index contributed by atoms with van der Waals surface area (Å²) in [6, 6.07) is 8.15. The van der Waals surface area contributed by atoms with E-state index in [1.165, 1.54) is 22.5 Å². The highest BCUT2D eigenvalue weighted by Gasteiger charge is 2.24. The number of aromatic nitrogens is 2. The number of hydrogen-bond donors (Lipinski definition) is 1. The summed E-state index contributed by atoms with van der Waals surface area (Å²) in [4.78, 5) is 12.3. The molecule has 5 nitrogen and oxygen atoms in total. The summed E-state index contributed by atoms with van der Waals surface area (Å²) >= 11 is 1.43. The molecule has 23 heavy (non-hydrogen) atoms. The molecule has 6 heteroatoms. The van der Waals surface area contributed by atoms with Crippen LogP contribution in [0, 0.1) is 0 Å². The van der Waals surface area contributed by atoms with E-state index in [9.17, 15) is 4.79 Å². The molecule has 1 atom stereocenters. The maximum atomic E-state index is 12.3. The Bertz CT molecular complexity index is 706. The molecule has 1 aromatic carbocycles. The van der Waals surface area contributed by atoms with Crippen molar-refractivity contribution in [3.8, 4) is 0 Å². The smallest absolute Gasteiger partial charge is 0.226 e. The van der Waals surface area contributed by atoms with Crippen molar-refractivity contribution in [1.29, 1.82) is 0 Å². The zero-order chi connectivity index (χ0) is 16.4. The van der Waals surface area contributed by atoms with E-state index in [0.717, 1.165) is 5.01 Å². The molecule has 0 spiro atoms. The minimum atomic E-state index is -0.0587. The van der Waals surface area contributed by atoms with E-state index in [1.54, 1.807) is 0 Å². The number of fused-ring (bicyclic) bond motifs is 1. The molecule has 1 amide bonds. The van der Waals surface area contributed by atoms with Crippen LogP contribution in [0.3, 0.4) is 0 Å². The van der Waals surface area contributed by atoms with Crippen LogP contribution in [-0.4, -0.2) is 22.7 Å². The second-order valence-electron chi connectivity index (χ2n) is 6.83. The molecule has 2 aromatic rings. The Morgan fingerprint density at radius 3 is 2.87 bits per heavy atom. The Labute approximate surface area is 140 Å². The van der Waals surface area contributed by atoms with Crippen LogP contribution < -0.4 is 5.32 Å². The molecule has 3 rings (SSSR count). The van der Waals surface area contributed by atoms with Crippen molar-refractivity contribution in [1.82, 2.24) is 10.2 Å². The third kappa shape index (κ3) is 3.76. The van der Waals surface area contributed by atoms with Crippen LogP contribution in [0.4, 0.5) is 5.13 Å². The Morgan fingerprint density at radius 1 is 1.35 bits per heavy atom. The summed E-state index contributed by atoms with van der Waals surface area (Å²) < 4.78 is 5.60. The van der Waals surface area contributed by atoms with Crippen molar-refractivity contribution in [2.24, 2.45) is 0 Å². The molecular formula is C17H21N3O2S. The van der Waals surface area contributed by atoms with E-state index in [-0.39, 0.29) is 17.2 Å². The van der Waals surface area contributed by atoms with E-state index in [1.807, 2.05) is 12.1 Å². The third-order valence-electron chi connectivity index (χ3n) is 3.82. The molecule has 0 radical (unpaired) electrons. The van der Waals surface area contributed by atoms with Crippen molar-refractivity contribution in [3.05, 3.63) is 40.4 Å². The molecule has 0 aliphatic carbocycles. The van der Waals surface area contributed by atoms with E-state index >= 15 is 0 Å². The van der Waals surface area contributed by atoms with Gasteiger partial charge in [0.1, 0.15) is 5.01 Å². The number of ether oxygens (including phenoxy) is 1. The highest BCUT2D eigenvalue weighted by atomic mass is 32.1. The van der Waals surface area contributed by atoms with Crippen LogP contribution >= 0.6 is 11.3 Å². The van der Waals surface area contributed by atoms with Gasteiger partial charge in [0.2, 0.25) is 11.0 Å². The highest BCUT2D eigenvalue weighted by Crippen LogP contribution is 2.30. The molecule has 1 N–H and O–H groups in total. The summed E-state index contributed by atoms with van der Waals surface area (Å²) in [6.07, 6.45) is 0.390. The monoisotopic (exact) mass is 331 g/mol. The summed E-state index contributed by atoms with van der Waals surface area (Å²) in [6.45, 7) is 7.44. The van der Waals surface area contributed by atoms with Crippen molar-refractivity contribution >= 4 is 22.4 Å². The quantitative estimate of drug-likeness (QED) is 0.935. The molecule has 1 aromatic heterocycles. The van der Waals surface area contributed by atoms with Gasteiger partial charge < -0.3 is 10.1 Å². The Hall–Kier alpha value is -1.79. The normalized spacial score (nSPS) is 17.6. The lowest BCUT2D eigenvalue weighted by atomic mass is 9.90. The van der Waals surface area contributed by atoms with E-state index < -0.39 is 0 Å². The van der Waals surface area contributed by atoms with Crippen LogP contribution in [0.1, 0.15) is 49.2 Å². The second kappa shape index (κ2) is 6.37. The highest BCUT2D eigenvalue weighted by molar-refractivity contribution is 7.15. The van der Waals surface area contributed by atoms with Crippen LogP contribution in [0.5, 0.6) is 0 Å². The van der Waals surface area contributed by atoms with Crippen molar-refractivity contribution in [2.75, 3.05) is 11.9 Å². The SMILES string of the molecule is CC(C)(C)c1nnc(NC(=O)CC2COCc3ccccc32)s1. The van der Waals surface area contributed by atoms with Gasteiger partial charge >= 0.3 is 0 Å². The maximum Gasteiger partial charge on any atom is 0.226 e. The van der Waals surface area contributed by atoms with E-state index in [2.05, 4.69) is 48.4 Å². The lowest BCUT2D eigenvalue weighted by Gasteiger charge is -2.25. The first-order valence-corrected chi connectivity index (χ1v) is 8.54. The fraction of sp³-hybridized carbons (Fsp3) is 0.471. The van der Waals surface area contributed by atoms with Crippen LogP contribution in [0.2, 0.25) is 0 Å². The molecule has 1 unspecified atom stereocenters. The van der Waals surface area contributed by atoms with Crippen molar-refractivity contribution in [3.63, 3.8) is 0 Å². The van der Waals surface area contributed by atoms with Gasteiger partial charge in [-0.25, -0.2) is 0 Å². The first-order chi connectivity index (χ1) is 10.9. The number of nitrogens with one attached hydrogen (secondary N) is 1. The number of nitrogens with zero attached hydrogens (tertiary/aromatic N) is 2. The zero-order valence-corrected chi connectivity index (χ0v) is 14.4. The lowest BCUT2D eigenvalue weighted by molar-refractivity contribution is -0.117. The molecule has 0 saturated heterocycles. The minimum Gasteiger partial charge on any atom is -0.376 e. The average molecular weight is 331 g/mol. The number of hydrogen-bond acceptors (Lipinski definition) is 5. The maximum absolute atomic E-state index is 12.3. The first-order valence-electron chi connectivity index (χ1n) is 7.73. The minimum absolute atomic E-state index is 0.0492. The van der Waals surface area contributed by atoms with Gasteiger partial charge in [-0.15, -0.1) is 10.2 Å². The number of carbonyl (C=O) groups is 1. The number of rotatable bonds is 3. The van der Waals surface area contributed by atoms with Crippen LogP contribution in [0.15, 0.2) is 24.3 Å². The Balaban J connectivity index is 1.65. The van der Waals surface area contributed by atoms with Crippen LogP contribution in [0.25, 0.3) is 0 Å². The molecule has 1 aliphatic rings. The predicted octanol–water partition coefficient (Wildman–Crippen LogP) is 3.48. The van der Waals surface area contributed by atoms with Gasteiger partial charge in [-0.3, -0.25) is 4.79 Å². The van der Waals surface area contributed by atoms with Gasteiger partial charge in [0, 0.05) is 17.8 Å². The Morgan fingerprint density at radius 2 is 2.13 bits per heavy atom. The molecule has 0 bridgehead atoms. The largest absolute Gasteiger partial charge is 0.376 e. The van der Waals surface area contributed by atoms with Gasteiger partial charge in [-0.2, -0.15) is 0 Å². The average Bonchev–Trinajstić information content (AvgIpc) is 2.96. The van der Waals surface area contributed by atoms with Crippen LogP contribution in [-0.2, 0) is 21.6 Å². The number of benzene rings is 1. The summed E-state index contributed by atoms with van der Waals surface area (Å²) in [7, 11) is 0. The van der Waals surface area contributed by atoms with E-state index in [4.69, 9.17) is 4.74 Å². The van der Waals surface area contributed by atoms with Gasteiger partial charge in [-0.1, -0.05) is 56.4 Å². The molecule has 1 aliphatic heterocycles. The number of carbonyl (C=O) groups excluding carboxylic acids is 1. The molecule has 2 heterocycles. The third-order valence-corrected chi connectivity index (χ3v) is 5.08. The lowest BCUT2D eigenvalue weighted by Crippen LogP contribution is -2.22. The second-order valence-corrected chi connectivity index (χ2v) is 7.80. The number of anilines is 1. The summed E-state index contributed by atoms with van der Waals surface area (Å²) in [5.74, 6) is 0.0434. The first kappa shape index (κ1) is 16.1. The van der Waals surface area contributed by atoms with Gasteiger partial charge in [0.15, 0.2) is 0 Å². The fourth-order valence-corrected chi connectivity index (χ4v) is 3.42. The molecular weight excluding hydrogens is 310 g/mol. The van der Waals surface area contributed by atoms with Crippen molar-refractivity contribution < 1.29 is 9.53 Å². The number of amides is 1. The fourth-order valence-electron chi connectivity index (χ4n) is 2.60. The van der Waals surface area contributed by atoms with Crippen molar-refractivity contribution in [2.45, 2.75) is 45.1 Å². The Kier molecular flexibility index (Phi) is 4.46. The molecule has 0 fully saturated rings. The predicted molar refractivity (Wildman–Crippen MR) is 90.7 cm³/mol. The van der Waals surface area contributed by atoms with Gasteiger partial charge in [0.05, 0.1) is 13.2 Å². The molecule has 0 saturated carbocycles. The van der Waals surface area contributed by atoms with Gasteiger partial charge in [0.25, 0.3) is 0 Å². The topological polar surface area (TPSA) is 64.1 Å². The summed E-state index contributed by atoms with van der Waals surface area (Å²) in [5.41, 5.74) is 2.32. The van der Waals surface area contributed by atoms with E-state index in [0.29, 0.717) is 24.8 Å². The standard InChI is InChI=1S/C17H21N3O2S/c1-17(2,3)15-19-20-16(23-15)18-14(21)8-12-10-22-9-11-6-4-5-7-13(11)12/h4-7,12H,8-10H2,1-3H3,(H,18,20,21). The summed E-state index contributed by atoms with van der Waals surface area (Å²) in [5, 5.41) is 12.6.